The van der Waals surface area contributed by atoms with Crippen LogP contribution in [-0.2, 0) is 4.74 Å². The average Bonchev–Trinajstić information content (AvgIpc) is 3.47. The second-order valence-electron chi connectivity index (χ2n) is 7.50. The van der Waals surface area contributed by atoms with Crippen molar-refractivity contribution in [1.29, 1.82) is 0 Å². The number of carbonyl (C=O) groups is 1. The van der Waals surface area contributed by atoms with Gasteiger partial charge < -0.3 is 14.5 Å². The molecule has 0 radical (unpaired) electrons. The maximum Gasteiger partial charge on any atom is 0.287 e. The third-order valence-electron chi connectivity index (χ3n) is 5.39. The number of benzene rings is 2. The lowest BCUT2D eigenvalue weighted by molar-refractivity contribution is 0.0331. The molecule has 158 valence electrons. The Morgan fingerprint density at radius 3 is 2.61 bits per heavy atom. The molecule has 2 aromatic heterocycles. The van der Waals surface area contributed by atoms with E-state index in [9.17, 15) is 4.79 Å². The highest BCUT2D eigenvalue weighted by molar-refractivity contribution is 7.21. The molecule has 6 nitrogen and oxygen atoms in total. The minimum absolute atomic E-state index is 0.136. The fourth-order valence-electron chi connectivity index (χ4n) is 3.74. The molecular formula is C24H23N3O3S. The van der Waals surface area contributed by atoms with Crippen molar-refractivity contribution < 1.29 is 13.9 Å². The van der Waals surface area contributed by atoms with E-state index in [1.807, 2.05) is 60.7 Å². The lowest BCUT2D eigenvalue weighted by atomic mass is 10.1. The zero-order valence-corrected chi connectivity index (χ0v) is 17.8. The highest BCUT2D eigenvalue weighted by Gasteiger charge is 2.22. The first-order valence-corrected chi connectivity index (χ1v) is 11.2. The Labute approximate surface area is 184 Å². The molecule has 1 aliphatic rings. The van der Waals surface area contributed by atoms with Crippen LogP contribution in [0, 0.1) is 0 Å². The van der Waals surface area contributed by atoms with Crippen molar-refractivity contribution in [3.63, 3.8) is 0 Å². The van der Waals surface area contributed by atoms with Crippen LogP contribution in [0.5, 0.6) is 0 Å². The van der Waals surface area contributed by atoms with E-state index in [1.165, 1.54) is 0 Å². The molecule has 0 saturated carbocycles. The molecule has 1 saturated heterocycles. The molecule has 7 heteroatoms. The van der Waals surface area contributed by atoms with Crippen LogP contribution < -0.4 is 5.32 Å². The second kappa shape index (κ2) is 9.01. The van der Waals surface area contributed by atoms with Crippen LogP contribution in [0.2, 0.25) is 0 Å². The molecule has 1 aliphatic heterocycles. The van der Waals surface area contributed by atoms with Gasteiger partial charge in [-0.25, -0.2) is 4.98 Å². The first-order valence-electron chi connectivity index (χ1n) is 10.4. The number of nitrogens with zero attached hydrogens (tertiary/aromatic N) is 2. The molecule has 3 heterocycles. The highest BCUT2D eigenvalue weighted by atomic mass is 32.1. The Morgan fingerprint density at radius 1 is 1.03 bits per heavy atom. The van der Waals surface area contributed by atoms with Gasteiger partial charge >= 0.3 is 0 Å². The van der Waals surface area contributed by atoms with Gasteiger partial charge in [0, 0.05) is 19.6 Å². The van der Waals surface area contributed by atoms with Gasteiger partial charge in [-0.3, -0.25) is 9.69 Å². The number of hydrogen-bond donors (Lipinski definition) is 1. The molecule has 4 aromatic rings. The van der Waals surface area contributed by atoms with Crippen molar-refractivity contribution in [2.24, 2.45) is 0 Å². The number of furan rings is 1. The minimum atomic E-state index is -0.227. The van der Waals surface area contributed by atoms with Crippen molar-refractivity contribution >= 4 is 27.5 Å². The molecule has 1 fully saturated rings. The van der Waals surface area contributed by atoms with Gasteiger partial charge in [-0.2, -0.15) is 0 Å². The Kier molecular flexibility index (Phi) is 5.80. The Hall–Kier alpha value is -3.00. The van der Waals surface area contributed by atoms with Crippen LogP contribution >= 0.6 is 11.3 Å². The van der Waals surface area contributed by atoms with Crippen molar-refractivity contribution in [2.75, 3.05) is 32.8 Å². The Balaban J connectivity index is 1.34. The van der Waals surface area contributed by atoms with E-state index in [0.29, 0.717) is 5.76 Å². The number of amides is 1. The summed E-state index contributed by atoms with van der Waals surface area (Å²) < 4.78 is 12.4. The van der Waals surface area contributed by atoms with Gasteiger partial charge in [0.15, 0.2) is 16.5 Å². The van der Waals surface area contributed by atoms with Crippen LogP contribution in [0.4, 0.5) is 0 Å². The SMILES string of the molecule is O=C(N[C@H](CN1CCOCC1)c1ccccc1)c1ccc(-c2nc3ccccc3s2)o1. The summed E-state index contributed by atoms with van der Waals surface area (Å²) in [5, 5.41) is 3.93. The van der Waals surface area contributed by atoms with Gasteiger partial charge in [-0.15, -0.1) is 11.3 Å². The largest absolute Gasteiger partial charge is 0.448 e. The number of para-hydroxylation sites is 1. The zero-order valence-electron chi connectivity index (χ0n) is 17.0. The standard InChI is InChI=1S/C24H23N3O3S/c28-23(20-10-11-21(30-20)24-26-18-8-4-5-9-22(18)31-24)25-19(17-6-2-1-3-7-17)16-27-12-14-29-15-13-27/h1-11,19H,12-16H2,(H,25,28)/t19-/m1/s1. The van der Waals surface area contributed by atoms with Crippen LogP contribution in [-0.4, -0.2) is 48.6 Å². The molecule has 1 N–H and O–H groups in total. The third-order valence-corrected chi connectivity index (χ3v) is 6.44. The Morgan fingerprint density at radius 2 is 1.81 bits per heavy atom. The van der Waals surface area contributed by atoms with E-state index >= 15 is 0 Å². The van der Waals surface area contributed by atoms with E-state index in [2.05, 4.69) is 15.2 Å². The van der Waals surface area contributed by atoms with Crippen LogP contribution in [0.3, 0.4) is 0 Å². The van der Waals surface area contributed by atoms with E-state index in [4.69, 9.17) is 9.15 Å². The van der Waals surface area contributed by atoms with Crippen LogP contribution in [0.15, 0.2) is 71.1 Å². The van der Waals surface area contributed by atoms with Gasteiger partial charge in [0.1, 0.15) is 0 Å². The smallest absolute Gasteiger partial charge is 0.287 e. The summed E-state index contributed by atoms with van der Waals surface area (Å²) in [6.45, 7) is 3.90. The molecule has 0 bridgehead atoms. The second-order valence-corrected chi connectivity index (χ2v) is 8.53. The highest BCUT2D eigenvalue weighted by Crippen LogP contribution is 2.31. The van der Waals surface area contributed by atoms with Gasteiger partial charge in [0.25, 0.3) is 5.91 Å². The summed E-state index contributed by atoms with van der Waals surface area (Å²) in [4.78, 5) is 20.0. The maximum absolute atomic E-state index is 13.0. The summed E-state index contributed by atoms with van der Waals surface area (Å²) in [6.07, 6.45) is 0. The normalized spacial score (nSPS) is 15.7. The number of thiazole rings is 1. The number of nitrogens with one attached hydrogen (secondary N) is 1. The van der Waals surface area contributed by atoms with Crippen molar-refractivity contribution in [3.8, 4) is 10.8 Å². The summed E-state index contributed by atoms with van der Waals surface area (Å²) in [7, 11) is 0. The number of morpholine rings is 1. The molecule has 5 rings (SSSR count). The topological polar surface area (TPSA) is 67.6 Å². The maximum atomic E-state index is 13.0. The van der Waals surface area contributed by atoms with Crippen LogP contribution in [0.1, 0.15) is 22.2 Å². The summed E-state index contributed by atoms with van der Waals surface area (Å²) >= 11 is 1.55. The van der Waals surface area contributed by atoms with Crippen molar-refractivity contribution in [3.05, 3.63) is 78.1 Å². The number of aromatic nitrogens is 1. The number of carbonyl (C=O) groups excluding carboxylic acids is 1. The van der Waals surface area contributed by atoms with Crippen LogP contribution in [0.25, 0.3) is 21.0 Å². The molecule has 31 heavy (non-hydrogen) atoms. The number of hydrogen-bond acceptors (Lipinski definition) is 6. The predicted octanol–water partition coefficient (Wildman–Crippen LogP) is 4.36. The minimum Gasteiger partial charge on any atom is -0.448 e. The summed E-state index contributed by atoms with van der Waals surface area (Å²) in [5.74, 6) is 0.669. The average molecular weight is 434 g/mol. The molecule has 0 spiro atoms. The molecule has 2 aromatic carbocycles. The van der Waals surface area contributed by atoms with E-state index in [-0.39, 0.29) is 17.7 Å². The van der Waals surface area contributed by atoms with E-state index in [0.717, 1.165) is 53.6 Å². The molecule has 1 amide bonds. The summed E-state index contributed by atoms with van der Waals surface area (Å²) in [5.41, 5.74) is 2.00. The number of fused-ring (bicyclic) bond motifs is 1. The zero-order chi connectivity index (χ0) is 21.0. The molecule has 0 aliphatic carbocycles. The predicted molar refractivity (Wildman–Crippen MR) is 121 cm³/mol. The Bertz CT molecular complexity index is 1130. The van der Waals surface area contributed by atoms with E-state index in [1.54, 1.807) is 17.4 Å². The fraction of sp³-hybridized carbons (Fsp3) is 0.250. The first-order chi connectivity index (χ1) is 15.3. The summed E-state index contributed by atoms with van der Waals surface area (Å²) in [6, 6.07) is 21.4. The monoisotopic (exact) mass is 433 g/mol. The molecule has 1 atom stereocenters. The lowest BCUT2D eigenvalue weighted by Crippen LogP contribution is -2.43. The number of rotatable bonds is 6. The first kappa shape index (κ1) is 19.9. The number of ether oxygens (including phenoxy) is 1. The third kappa shape index (κ3) is 4.54. The quantitative estimate of drug-likeness (QED) is 0.489. The molecule has 0 unspecified atom stereocenters. The lowest BCUT2D eigenvalue weighted by Gasteiger charge is -2.31. The van der Waals surface area contributed by atoms with Gasteiger partial charge in [0.05, 0.1) is 29.5 Å². The van der Waals surface area contributed by atoms with Gasteiger partial charge in [0.2, 0.25) is 0 Å². The fourth-order valence-corrected chi connectivity index (χ4v) is 4.67. The molecular weight excluding hydrogens is 410 g/mol. The van der Waals surface area contributed by atoms with Gasteiger partial charge in [-0.05, 0) is 29.8 Å². The van der Waals surface area contributed by atoms with E-state index < -0.39 is 0 Å². The van der Waals surface area contributed by atoms with Crippen molar-refractivity contribution in [2.45, 2.75) is 6.04 Å². The van der Waals surface area contributed by atoms with Crippen molar-refractivity contribution in [1.82, 2.24) is 15.2 Å². The van der Waals surface area contributed by atoms with Gasteiger partial charge in [-0.1, -0.05) is 42.5 Å².